The number of carbonyl (C=O) groups excluding carboxylic acids is 2. The Morgan fingerprint density at radius 2 is 1.09 bits per heavy atom. The van der Waals surface area contributed by atoms with Gasteiger partial charge >= 0.3 is 0 Å². The number of carbonyl (C=O) groups is 2. The number of allylic oxidation sites excluding steroid dienone is 3. The van der Waals surface area contributed by atoms with E-state index in [2.05, 4.69) is 60.7 Å². The first-order chi connectivity index (χ1) is 16.6. The number of nitrogens with zero attached hydrogens (tertiary/aromatic N) is 1. The fraction of sp³-hybridized carbons (Fsp3) is 0.226. The fourth-order valence-corrected chi connectivity index (χ4v) is 6.45. The zero-order valence-electron chi connectivity index (χ0n) is 19.1. The minimum Gasteiger partial charge on any atom is -0.277 e. The summed E-state index contributed by atoms with van der Waals surface area (Å²) in [6.45, 7) is 0.352. The molecule has 0 bridgehead atoms. The van der Waals surface area contributed by atoms with E-state index in [0.717, 1.165) is 16.7 Å². The molecule has 2 fully saturated rings. The van der Waals surface area contributed by atoms with Crippen LogP contribution in [0.5, 0.6) is 0 Å². The van der Waals surface area contributed by atoms with E-state index < -0.39 is 10.8 Å². The molecule has 1 aliphatic heterocycles. The molecular formula is C31H27NO2. The number of likely N-dealkylation sites (tertiary alicyclic amines) is 1. The van der Waals surface area contributed by atoms with Crippen LogP contribution in [0.25, 0.3) is 5.57 Å². The van der Waals surface area contributed by atoms with Crippen molar-refractivity contribution in [2.75, 3.05) is 0 Å². The van der Waals surface area contributed by atoms with E-state index in [1.807, 2.05) is 42.5 Å². The van der Waals surface area contributed by atoms with E-state index in [1.165, 1.54) is 11.1 Å². The maximum absolute atomic E-state index is 14.0. The molecule has 34 heavy (non-hydrogen) atoms. The van der Waals surface area contributed by atoms with Gasteiger partial charge in [-0.3, -0.25) is 14.5 Å². The molecule has 2 amide bonds. The number of rotatable bonds is 4. The second-order valence-corrected chi connectivity index (χ2v) is 9.79. The minimum absolute atomic E-state index is 0.00109. The summed E-state index contributed by atoms with van der Waals surface area (Å²) in [7, 11) is 0. The second-order valence-electron chi connectivity index (χ2n) is 9.79. The third-order valence-electron chi connectivity index (χ3n) is 8.02. The summed E-state index contributed by atoms with van der Waals surface area (Å²) in [6, 6.07) is 30.6. The predicted molar refractivity (Wildman–Crippen MR) is 133 cm³/mol. The van der Waals surface area contributed by atoms with Crippen LogP contribution >= 0.6 is 0 Å². The molecule has 0 spiro atoms. The average molecular weight is 446 g/mol. The molecule has 2 atom stereocenters. The van der Waals surface area contributed by atoms with Crippen LogP contribution in [0.15, 0.2) is 109 Å². The highest BCUT2D eigenvalue weighted by molar-refractivity contribution is 6.11. The lowest BCUT2D eigenvalue weighted by Crippen LogP contribution is -2.41. The predicted octanol–water partition coefficient (Wildman–Crippen LogP) is 6.17. The van der Waals surface area contributed by atoms with E-state index in [4.69, 9.17) is 0 Å². The average Bonchev–Trinajstić information content (AvgIpc) is 3.32. The third-order valence-corrected chi connectivity index (χ3v) is 8.02. The number of benzene rings is 3. The van der Waals surface area contributed by atoms with Crippen molar-refractivity contribution in [3.63, 3.8) is 0 Å². The number of amides is 2. The summed E-state index contributed by atoms with van der Waals surface area (Å²) >= 11 is 0. The number of hydrogen-bond acceptors (Lipinski definition) is 2. The molecule has 3 heteroatoms. The van der Waals surface area contributed by atoms with Gasteiger partial charge in [-0.05, 0) is 47.9 Å². The van der Waals surface area contributed by atoms with Crippen LogP contribution in [0.3, 0.4) is 0 Å². The van der Waals surface area contributed by atoms with Gasteiger partial charge in [0.05, 0.1) is 17.4 Å². The van der Waals surface area contributed by atoms with Crippen LogP contribution in [-0.2, 0) is 16.1 Å². The lowest BCUT2D eigenvalue weighted by molar-refractivity contribution is -0.142. The SMILES string of the molecule is O=C1N(Cc2ccccc2)C(=O)C23CC=CCC12CC(=C(c1ccccc1)c1ccccc1)C3. The molecule has 0 radical (unpaired) electrons. The quantitative estimate of drug-likeness (QED) is 0.356. The maximum Gasteiger partial charge on any atom is 0.237 e. The lowest BCUT2D eigenvalue weighted by atomic mass is 9.61. The molecule has 1 heterocycles. The van der Waals surface area contributed by atoms with E-state index >= 15 is 0 Å². The van der Waals surface area contributed by atoms with Crippen molar-refractivity contribution in [3.05, 3.63) is 125 Å². The highest BCUT2D eigenvalue weighted by atomic mass is 16.2. The van der Waals surface area contributed by atoms with Gasteiger partial charge in [-0.1, -0.05) is 109 Å². The Labute approximate surface area is 200 Å². The lowest BCUT2D eigenvalue weighted by Gasteiger charge is -2.36. The van der Waals surface area contributed by atoms with Crippen LogP contribution in [0.4, 0.5) is 0 Å². The molecular weight excluding hydrogens is 418 g/mol. The van der Waals surface area contributed by atoms with Crippen molar-refractivity contribution in [3.8, 4) is 0 Å². The van der Waals surface area contributed by atoms with E-state index in [-0.39, 0.29) is 11.8 Å². The monoisotopic (exact) mass is 445 g/mol. The Bertz CT molecular complexity index is 1230. The highest BCUT2D eigenvalue weighted by Gasteiger charge is 2.71. The first-order valence-electron chi connectivity index (χ1n) is 12.0. The van der Waals surface area contributed by atoms with Gasteiger partial charge in [-0.15, -0.1) is 0 Å². The molecule has 3 nitrogen and oxygen atoms in total. The zero-order chi connectivity index (χ0) is 23.2. The summed E-state index contributed by atoms with van der Waals surface area (Å²) < 4.78 is 0. The molecule has 0 N–H and O–H groups in total. The number of hydrogen-bond donors (Lipinski definition) is 0. The summed E-state index contributed by atoms with van der Waals surface area (Å²) in [5.74, 6) is 0.00218. The second kappa shape index (κ2) is 7.95. The fourth-order valence-electron chi connectivity index (χ4n) is 6.45. The van der Waals surface area contributed by atoms with Crippen molar-refractivity contribution >= 4 is 17.4 Å². The molecule has 1 saturated carbocycles. The molecule has 6 rings (SSSR count). The van der Waals surface area contributed by atoms with Gasteiger partial charge in [-0.2, -0.15) is 0 Å². The van der Waals surface area contributed by atoms with Gasteiger partial charge in [0.2, 0.25) is 11.8 Å². The first kappa shape index (κ1) is 20.9. The maximum atomic E-state index is 14.0. The molecule has 3 aromatic rings. The molecule has 0 aromatic heterocycles. The number of imide groups is 1. The van der Waals surface area contributed by atoms with Crippen molar-refractivity contribution in [2.24, 2.45) is 10.8 Å². The first-order valence-corrected chi connectivity index (χ1v) is 12.0. The summed E-state index contributed by atoms with van der Waals surface area (Å²) in [5, 5.41) is 0. The molecule has 3 aliphatic rings. The van der Waals surface area contributed by atoms with Crippen LogP contribution in [0, 0.1) is 10.8 Å². The van der Waals surface area contributed by atoms with Gasteiger partial charge in [-0.25, -0.2) is 0 Å². The van der Waals surface area contributed by atoms with Gasteiger partial charge in [0.25, 0.3) is 0 Å². The minimum atomic E-state index is -0.683. The summed E-state index contributed by atoms with van der Waals surface area (Å²) in [5.41, 5.74) is 4.31. The highest BCUT2D eigenvalue weighted by Crippen LogP contribution is 2.67. The van der Waals surface area contributed by atoms with Gasteiger partial charge in [0.15, 0.2) is 0 Å². The Kier molecular flexibility index (Phi) is 4.88. The molecule has 2 unspecified atom stereocenters. The Hall–Kier alpha value is -3.72. The van der Waals surface area contributed by atoms with Crippen LogP contribution in [0.2, 0.25) is 0 Å². The summed E-state index contributed by atoms with van der Waals surface area (Å²) in [6.07, 6.45) is 6.75. The largest absolute Gasteiger partial charge is 0.277 e. The van der Waals surface area contributed by atoms with Crippen LogP contribution in [0.1, 0.15) is 42.4 Å². The normalized spacial score (nSPS) is 25.4. The van der Waals surface area contributed by atoms with E-state index in [9.17, 15) is 9.59 Å². The van der Waals surface area contributed by atoms with Crippen molar-refractivity contribution in [1.82, 2.24) is 4.90 Å². The molecule has 168 valence electrons. The van der Waals surface area contributed by atoms with Crippen molar-refractivity contribution in [1.29, 1.82) is 0 Å². The van der Waals surface area contributed by atoms with Crippen LogP contribution in [-0.4, -0.2) is 16.7 Å². The van der Waals surface area contributed by atoms with Crippen LogP contribution < -0.4 is 0 Å². The van der Waals surface area contributed by atoms with Crippen molar-refractivity contribution in [2.45, 2.75) is 32.2 Å². The topological polar surface area (TPSA) is 37.4 Å². The Morgan fingerprint density at radius 3 is 1.56 bits per heavy atom. The Balaban J connectivity index is 1.48. The van der Waals surface area contributed by atoms with Crippen molar-refractivity contribution < 1.29 is 9.59 Å². The van der Waals surface area contributed by atoms with E-state index in [0.29, 0.717) is 32.2 Å². The van der Waals surface area contributed by atoms with E-state index in [1.54, 1.807) is 4.90 Å². The summed E-state index contributed by atoms with van der Waals surface area (Å²) in [4.78, 5) is 29.6. The Morgan fingerprint density at radius 1 is 0.647 bits per heavy atom. The molecule has 1 saturated heterocycles. The molecule has 2 aliphatic carbocycles. The smallest absolute Gasteiger partial charge is 0.237 e. The van der Waals surface area contributed by atoms with Gasteiger partial charge < -0.3 is 0 Å². The zero-order valence-corrected chi connectivity index (χ0v) is 19.1. The molecule has 3 aromatic carbocycles. The standard InChI is InChI=1S/C31H27NO2/c33-28-30-18-10-11-19-31(30,29(34)32(28)22-23-12-4-1-5-13-23)21-26(20-30)27(24-14-6-2-7-15-24)25-16-8-3-9-17-25/h1-17H,18-22H2. The van der Waals surface area contributed by atoms with Gasteiger partial charge in [0, 0.05) is 0 Å². The third kappa shape index (κ3) is 2.96. The van der Waals surface area contributed by atoms with Gasteiger partial charge in [0.1, 0.15) is 0 Å².